The summed E-state index contributed by atoms with van der Waals surface area (Å²) in [5.74, 6) is -0.562. The molecule has 0 aromatic heterocycles. The molecule has 0 spiro atoms. The van der Waals surface area contributed by atoms with Crippen LogP contribution in [-0.4, -0.2) is 30.1 Å². The van der Waals surface area contributed by atoms with Crippen molar-refractivity contribution in [1.29, 1.82) is 0 Å². The molecule has 2 N–H and O–H groups in total. The Hall–Kier alpha value is -2.04. The highest BCUT2D eigenvalue weighted by Crippen LogP contribution is 2.29. The summed E-state index contributed by atoms with van der Waals surface area (Å²) in [4.78, 5) is 23.1. The molecule has 1 aliphatic carbocycles. The van der Waals surface area contributed by atoms with Crippen LogP contribution in [0.4, 0.5) is 0 Å². The smallest absolute Gasteiger partial charge is 0.306 e. The summed E-state index contributed by atoms with van der Waals surface area (Å²) in [6.07, 6.45) is 1.76. The van der Waals surface area contributed by atoms with E-state index in [-0.39, 0.29) is 23.8 Å². The number of aliphatic carboxylic acids is 1. The van der Waals surface area contributed by atoms with Gasteiger partial charge in [0.15, 0.2) is 0 Å². The number of nitrogens with one attached hydrogen (secondary N) is 1. The number of carboxylic acid groups (broad SMARTS) is 1. The van der Waals surface area contributed by atoms with E-state index in [0.717, 1.165) is 11.3 Å². The Balaban J connectivity index is 1.94. The molecular formula is C16H21NO4. The topological polar surface area (TPSA) is 75.6 Å². The second-order valence-electron chi connectivity index (χ2n) is 5.45. The molecule has 5 heteroatoms. The van der Waals surface area contributed by atoms with Gasteiger partial charge in [0.2, 0.25) is 5.91 Å². The van der Waals surface area contributed by atoms with Crippen LogP contribution in [0.15, 0.2) is 24.3 Å². The van der Waals surface area contributed by atoms with Gasteiger partial charge in [-0.15, -0.1) is 0 Å². The highest BCUT2D eigenvalue weighted by atomic mass is 16.5. The Labute approximate surface area is 124 Å². The third kappa shape index (κ3) is 3.54. The summed E-state index contributed by atoms with van der Waals surface area (Å²) in [7, 11) is 1.61. The van der Waals surface area contributed by atoms with Crippen molar-refractivity contribution in [3.63, 3.8) is 0 Å². The normalized spacial score (nSPS) is 22.0. The Morgan fingerprint density at radius 1 is 1.33 bits per heavy atom. The molecule has 1 aliphatic rings. The van der Waals surface area contributed by atoms with Crippen LogP contribution in [0.3, 0.4) is 0 Å². The molecule has 0 heterocycles. The van der Waals surface area contributed by atoms with E-state index >= 15 is 0 Å². The molecule has 21 heavy (non-hydrogen) atoms. The fourth-order valence-corrected chi connectivity index (χ4v) is 2.65. The van der Waals surface area contributed by atoms with Crippen LogP contribution >= 0.6 is 0 Å². The zero-order valence-corrected chi connectivity index (χ0v) is 12.3. The Bertz CT molecular complexity index is 506. The van der Waals surface area contributed by atoms with Gasteiger partial charge in [-0.05, 0) is 37.0 Å². The van der Waals surface area contributed by atoms with Crippen LogP contribution in [0, 0.1) is 5.92 Å². The fourth-order valence-electron chi connectivity index (χ4n) is 2.65. The molecule has 0 aliphatic heterocycles. The van der Waals surface area contributed by atoms with Gasteiger partial charge in [-0.3, -0.25) is 9.59 Å². The average Bonchev–Trinajstić information content (AvgIpc) is 2.43. The predicted molar refractivity (Wildman–Crippen MR) is 78.3 cm³/mol. The van der Waals surface area contributed by atoms with Crippen LogP contribution < -0.4 is 10.1 Å². The molecule has 114 valence electrons. The lowest BCUT2D eigenvalue weighted by Crippen LogP contribution is -2.48. The summed E-state index contributed by atoms with van der Waals surface area (Å²) >= 11 is 0. The van der Waals surface area contributed by atoms with Gasteiger partial charge in [0.05, 0.1) is 18.9 Å². The van der Waals surface area contributed by atoms with Gasteiger partial charge in [0.25, 0.3) is 0 Å². The van der Waals surface area contributed by atoms with E-state index in [1.54, 1.807) is 7.11 Å². The summed E-state index contributed by atoms with van der Waals surface area (Å²) in [5, 5.41) is 11.8. The first-order valence-electron chi connectivity index (χ1n) is 7.22. The summed E-state index contributed by atoms with van der Waals surface area (Å²) in [6.45, 7) is 1.97. The number of hydrogen-bond acceptors (Lipinski definition) is 3. The predicted octanol–water partition coefficient (Wildman–Crippen LogP) is 2.17. The van der Waals surface area contributed by atoms with Gasteiger partial charge in [0, 0.05) is 6.04 Å². The number of carboxylic acids is 1. The van der Waals surface area contributed by atoms with Gasteiger partial charge >= 0.3 is 5.97 Å². The first-order valence-corrected chi connectivity index (χ1v) is 7.22. The second-order valence-corrected chi connectivity index (χ2v) is 5.45. The summed E-state index contributed by atoms with van der Waals surface area (Å²) in [6, 6.07) is 7.47. The van der Waals surface area contributed by atoms with Gasteiger partial charge in [0.1, 0.15) is 5.75 Å². The molecule has 1 unspecified atom stereocenters. The zero-order chi connectivity index (χ0) is 15.4. The van der Waals surface area contributed by atoms with E-state index in [9.17, 15) is 9.59 Å². The zero-order valence-electron chi connectivity index (χ0n) is 12.3. The Morgan fingerprint density at radius 2 is 1.95 bits per heavy atom. The number of amides is 1. The SMILES string of the molecule is CCC(C(=O)NC1CC(C(=O)O)C1)c1ccc(OC)cc1. The lowest BCUT2D eigenvalue weighted by atomic mass is 9.80. The van der Waals surface area contributed by atoms with Gasteiger partial charge in [-0.1, -0.05) is 19.1 Å². The van der Waals surface area contributed by atoms with Crippen LogP contribution in [0.25, 0.3) is 0 Å². The maximum absolute atomic E-state index is 12.3. The maximum Gasteiger partial charge on any atom is 0.306 e. The van der Waals surface area contributed by atoms with E-state index in [1.807, 2.05) is 31.2 Å². The van der Waals surface area contributed by atoms with Crippen molar-refractivity contribution in [3.05, 3.63) is 29.8 Å². The number of hydrogen-bond donors (Lipinski definition) is 2. The third-order valence-corrected chi connectivity index (χ3v) is 4.08. The quantitative estimate of drug-likeness (QED) is 0.842. The lowest BCUT2D eigenvalue weighted by Gasteiger charge is -2.34. The van der Waals surface area contributed by atoms with Crippen LogP contribution in [0.5, 0.6) is 5.75 Å². The molecule has 0 bridgehead atoms. The van der Waals surface area contributed by atoms with Crippen LogP contribution in [0.2, 0.25) is 0 Å². The number of carbonyl (C=O) groups excluding carboxylic acids is 1. The standard InChI is InChI=1S/C16H21NO4/c1-3-14(10-4-6-13(21-2)7-5-10)15(18)17-12-8-11(9-12)16(19)20/h4-7,11-12,14H,3,8-9H2,1-2H3,(H,17,18)(H,19,20). The molecule has 1 atom stereocenters. The molecule has 0 radical (unpaired) electrons. The van der Waals surface area contributed by atoms with Crippen molar-refractivity contribution < 1.29 is 19.4 Å². The molecule has 1 fully saturated rings. The van der Waals surface area contributed by atoms with Crippen molar-refractivity contribution >= 4 is 11.9 Å². The minimum Gasteiger partial charge on any atom is -0.497 e. The molecule has 1 amide bonds. The fraction of sp³-hybridized carbons (Fsp3) is 0.500. The minimum absolute atomic E-state index is 0.00843. The Morgan fingerprint density at radius 3 is 2.43 bits per heavy atom. The lowest BCUT2D eigenvalue weighted by molar-refractivity contribution is -0.146. The summed E-state index contributed by atoms with van der Waals surface area (Å²) in [5.41, 5.74) is 0.949. The summed E-state index contributed by atoms with van der Waals surface area (Å²) < 4.78 is 5.11. The Kier molecular flexibility index (Phi) is 4.83. The molecule has 1 saturated carbocycles. The van der Waals surface area contributed by atoms with Crippen LogP contribution in [-0.2, 0) is 9.59 Å². The monoisotopic (exact) mass is 291 g/mol. The van der Waals surface area contributed by atoms with Crippen molar-refractivity contribution in [2.45, 2.75) is 38.1 Å². The molecule has 1 aromatic rings. The molecule has 0 saturated heterocycles. The first kappa shape index (κ1) is 15.4. The van der Waals surface area contributed by atoms with Crippen molar-refractivity contribution in [2.24, 2.45) is 5.92 Å². The average molecular weight is 291 g/mol. The molecule has 1 aromatic carbocycles. The third-order valence-electron chi connectivity index (χ3n) is 4.08. The minimum atomic E-state index is -0.775. The van der Waals surface area contributed by atoms with E-state index in [1.165, 1.54) is 0 Å². The van der Waals surface area contributed by atoms with Crippen molar-refractivity contribution in [1.82, 2.24) is 5.32 Å². The molecule has 2 rings (SSSR count). The number of carbonyl (C=O) groups is 2. The maximum atomic E-state index is 12.3. The van der Waals surface area contributed by atoms with E-state index in [2.05, 4.69) is 5.32 Å². The number of benzene rings is 1. The van der Waals surface area contributed by atoms with E-state index in [0.29, 0.717) is 19.3 Å². The number of methoxy groups -OCH3 is 1. The van der Waals surface area contributed by atoms with Gasteiger partial charge in [-0.2, -0.15) is 0 Å². The van der Waals surface area contributed by atoms with E-state index < -0.39 is 5.97 Å². The van der Waals surface area contributed by atoms with E-state index in [4.69, 9.17) is 9.84 Å². The number of rotatable bonds is 6. The first-order chi connectivity index (χ1) is 10.0. The van der Waals surface area contributed by atoms with Gasteiger partial charge < -0.3 is 15.2 Å². The van der Waals surface area contributed by atoms with Crippen LogP contribution in [0.1, 0.15) is 37.7 Å². The highest BCUT2D eigenvalue weighted by molar-refractivity contribution is 5.84. The number of ether oxygens (including phenoxy) is 1. The largest absolute Gasteiger partial charge is 0.497 e. The van der Waals surface area contributed by atoms with Crippen molar-refractivity contribution in [3.8, 4) is 5.75 Å². The van der Waals surface area contributed by atoms with Crippen molar-refractivity contribution in [2.75, 3.05) is 7.11 Å². The highest BCUT2D eigenvalue weighted by Gasteiger charge is 2.36. The molecule has 5 nitrogen and oxygen atoms in total. The second kappa shape index (κ2) is 6.61. The molecular weight excluding hydrogens is 270 g/mol. The van der Waals surface area contributed by atoms with Gasteiger partial charge in [-0.25, -0.2) is 0 Å².